The molecular weight excluding hydrogens is 256 g/mol. The van der Waals surface area contributed by atoms with Crippen LogP contribution in [0.3, 0.4) is 0 Å². The molecule has 2 rings (SSSR count). The van der Waals surface area contributed by atoms with Gasteiger partial charge in [-0.1, -0.05) is 11.6 Å². The van der Waals surface area contributed by atoms with Gasteiger partial charge in [-0.25, -0.2) is 0 Å². The van der Waals surface area contributed by atoms with E-state index in [1.54, 1.807) is 0 Å². The molecule has 0 bridgehead atoms. The van der Waals surface area contributed by atoms with Crippen LogP contribution in [0.1, 0.15) is 44.9 Å². The first-order valence-electron chi connectivity index (χ1n) is 7.61. The van der Waals surface area contributed by atoms with E-state index in [0.717, 1.165) is 38.7 Å². The van der Waals surface area contributed by atoms with E-state index in [0.29, 0.717) is 13.1 Å². The first-order valence-corrected chi connectivity index (χ1v) is 7.61. The lowest BCUT2D eigenvalue weighted by Gasteiger charge is -2.13. The molecule has 0 unspecified atom stereocenters. The van der Waals surface area contributed by atoms with Crippen LogP contribution in [0.2, 0.25) is 0 Å². The summed E-state index contributed by atoms with van der Waals surface area (Å²) in [6.45, 7) is 1.72. The molecule has 0 aromatic rings. The Balaban J connectivity index is 1.58. The first kappa shape index (κ1) is 15.0. The van der Waals surface area contributed by atoms with E-state index in [2.05, 4.69) is 16.7 Å². The lowest BCUT2D eigenvalue weighted by Crippen LogP contribution is -2.42. The smallest absolute Gasteiger partial charge is 0.309 e. The molecule has 5 nitrogen and oxygen atoms in total. The van der Waals surface area contributed by atoms with Gasteiger partial charge in [0.25, 0.3) is 0 Å². The fraction of sp³-hybridized carbons (Fsp3) is 0.733. The maximum absolute atomic E-state index is 11.6. The lowest BCUT2D eigenvalue weighted by molar-refractivity contribution is -0.139. The zero-order valence-corrected chi connectivity index (χ0v) is 12.0. The van der Waals surface area contributed by atoms with Gasteiger partial charge < -0.3 is 15.4 Å². The molecule has 5 heteroatoms. The number of rotatable bonds is 5. The molecule has 0 aromatic heterocycles. The van der Waals surface area contributed by atoms with Gasteiger partial charge >= 0.3 is 11.8 Å². The third kappa shape index (κ3) is 4.96. The van der Waals surface area contributed by atoms with Crippen LogP contribution < -0.4 is 10.6 Å². The summed E-state index contributed by atoms with van der Waals surface area (Å²) >= 11 is 0. The van der Waals surface area contributed by atoms with Crippen LogP contribution in [0.4, 0.5) is 0 Å². The zero-order chi connectivity index (χ0) is 14.2. The summed E-state index contributed by atoms with van der Waals surface area (Å²) in [5.41, 5.74) is 1.40. The van der Waals surface area contributed by atoms with Crippen molar-refractivity contribution in [2.45, 2.75) is 51.0 Å². The quantitative estimate of drug-likeness (QED) is 0.589. The minimum atomic E-state index is -0.557. The zero-order valence-electron chi connectivity index (χ0n) is 12.0. The third-order valence-electron chi connectivity index (χ3n) is 3.84. The van der Waals surface area contributed by atoms with E-state index in [9.17, 15) is 9.59 Å². The highest BCUT2D eigenvalue weighted by atomic mass is 16.5. The molecule has 1 aliphatic carbocycles. The highest BCUT2D eigenvalue weighted by Gasteiger charge is 2.19. The van der Waals surface area contributed by atoms with E-state index >= 15 is 0 Å². The fourth-order valence-corrected chi connectivity index (χ4v) is 2.64. The minimum Gasteiger partial charge on any atom is -0.376 e. The molecule has 0 aromatic carbocycles. The van der Waals surface area contributed by atoms with E-state index in [1.807, 2.05) is 0 Å². The number of nitrogens with one attached hydrogen (secondary N) is 2. The Morgan fingerprint density at radius 2 is 2.05 bits per heavy atom. The van der Waals surface area contributed by atoms with Crippen molar-refractivity contribution in [1.29, 1.82) is 0 Å². The van der Waals surface area contributed by atoms with Crippen molar-refractivity contribution < 1.29 is 14.3 Å². The fourth-order valence-electron chi connectivity index (χ4n) is 2.64. The molecule has 1 heterocycles. The normalized spacial score (nSPS) is 22.2. The third-order valence-corrected chi connectivity index (χ3v) is 3.84. The number of ether oxygens (including phenoxy) is 1. The number of amides is 2. The molecule has 1 aliphatic heterocycles. The average Bonchev–Trinajstić information content (AvgIpc) is 2.99. The molecule has 1 atom stereocenters. The predicted octanol–water partition coefficient (Wildman–Crippen LogP) is 1.29. The predicted molar refractivity (Wildman–Crippen MR) is 76.2 cm³/mol. The summed E-state index contributed by atoms with van der Waals surface area (Å²) in [6, 6.07) is 0. The summed E-state index contributed by atoms with van der Waals surface area (Å²) in [6.07, 6.45) is 9.93. The maximum atomic E-state index is 11.6. The molecule has 2 amide bonds. The van der Waals surface area contributed by atoms with Crippen molar-refractivity contribution in [3.8, 4) is 0 Å². The van der Waals surface area contributed by atoms with Crippen LogP contribution >= 0.6 is 0 Å². The second-order valence-electron chi connectivity index (χ2n) is 5.46. The maximum Gasteiger partial charge on any atom is 0.309 e. The highest BCUT2D eigenvalue weighted by Crippen LogP contribution is 2.19. The Bertz CT molecular complexity index is 373. The highest BCUT2D eigenvalue weighted by molar-refractivity contribution is 6.35. The van der Waals surface area contributed by atoms with Crippen LogP contribution in [0, 0.1) is 0 Å². The second-order valence-corrected chi connectivity index (χ2v) is 5.46. The lowest BCUT2D eigenvalue weighted by atomic mass is 9.97. The van der Waals surface area contributed by atoms with Crippen LogP contribution in [0.25, 0.3) is 0 Å². The van der Waals surface area contributed by atoms with E-state index < -0.39 is 11.8 Å². The molecule has 112 valence electrons. The van der Waals surface area contributed by atoms with Crippen molar-refractivity contribution in [2.24, 2.45) is 0 Å². The summed E-state index contributed by atoms with van der Waals surface area (Å²) in [4.78, 5) is 23.2. The van der Waals surface area contributed by atoms with Gasteiger partial charge in [0.2, 0.25) is 0 Å². The number of allylic oxidation sites excluding steroid dienone is 1. The van der Waals surface area contributed by atoms with Crippen molar-refractivity contribution in [3.63, 3.8) is 0 Å². The Morgan fingerprint density at radius 1 is 1.20 bits per heavy atom. The summed E-state index contributed by atoms with van der Waals surface area (Å²) < 4.78 is 5.39. The molecule has 1 saturated heterocycles. The Labute approximate surface area is 120 Å². The second kappa shape index (κ2) is 8.04. The molecule has 1 fully saturated rings. The Hall–Kier alpha value is -1.36. The summed E-state index contributed by atoms with van der Waals surface area (Å²) in [5.74, 6) is -1.10. The van der Waals surface area contributed by atoms with Gasteiger partial charge in [0.1, 0.15) is 0 Å². The minimum absolute atomic E-state index is 0.0687. The van der Waals surface area contributed by atoms with Gasteiger partial charge in [-0.3, -0.25) is 9.59 Å². The summed E-state index contributed by atoms with van der Waals surface area (Å²) in [5, 5.41) is 5.29. The van der Waals surface area contributed by atoms with Gasteiger partial charge in [-0.15, -0.1) is 0 Å². The molecular formula is C15H24N2O3. The molecule has 2 N–H and O–H groups in total. The van der Waals surface area contributed by atoms with Crippen LogP contribution in [0.5, 0.6) is 0 Å². The molecule has 20 heavy (non-hydrogen) atoms. The largest absolute Gasteiger partial charge is 0.376 e. The Kier molecular flexibility index (Phi) is 6.05. The van der Waals surface area contributed by atoms with E-state index in [1.165, 1.54) is 18.4 Å². The number of hydrogen-bond donors (Lipinski definition) is 2. The molecule has 0 spiro atoms. The first-order chi connectivity index (χ1) is 9.75. The van der Waals surface area contributed by atoms with Crippen molar-refractivity contribution in [2.75, 3.05) is 19.7 Å². The molecule has 2 aliphatic rings. The van der Waals surface area contributed by atoms with Crippen LogP contribution in [-0.4, -0.2) is 37.6 Å². The van der Waals surface area contributed by atoms with E-state index in [-0.39, 0.29) is 6.10 Å². The molecule has 0 radical (unpaired) electrons. The number of carbonyl (C=O) groups excluding carboxylic acids is 2. The number of hydrogen-bond acceptors (Lipinski definition) is 3. The van der Waals surface area contributed by atoms with Gasteiger partial charge in [0.15, 0.2) is 0 Å². The van der Waals surface area contributed by atoms with Crippen LogP contribution in [-0.2, 0) is 14.3 Å². The SMILES string of the molecule is O=C(NCCC1=CCCCC1)C(=O)NC[C@H]1CCCO1. The monoisotopic (exact) mass is 280 g/mol. The Morgan fingerprint density at radius 3 is 2.75 bits per heavy atom. The van der Waals surface area contributed by atoms with Crippen molar-refractivity contribution in [3.05, 3.63) is 11.6 Å². The van der Waals surface area contributed by atoms with Crippen molar-refractivity contribution >= 4 is 11.8 Å². The molecule has 0 saturated carbocycles. The van der Waals surface area contributed by atoms with Gasteiger partial charge in [-0.05, 0) is 44.9 Å². The van der Waals surface area contributed by atoms with Crippen LogP contribution in [0.15, 0.2) is 11.6 Å². The van der Waals surface area contributed by atoms with Crippen molar-refractivity contribution in [1.82, 2.24) is 10.6 Å². The summed E-state index contributed by atoms with van der Waals surface area (Å²) in [7, 11) is 0. The van der Waals surface area contributed by atoms with Gasteiger partial charge in [0.05, 0.1) is 6.10 Å². The van der Waals surface area contributed by atoms with Gasteiger partial charge in [0, 0.05) is 19.7 Å². The topological polar surface area (TPSA) is 67.4 Å². The van der Waals surface area contributed by atoms with Gasteiger partial charge in [-0.2, -0.15) is 0 Å². The standard InChI is InChI=1S/C15H24N2O3/c18-14(15(19)17-11-13-7-4-10-20-13)16-9-8-12-5-2-1-3-6-12/h5,13H,1-4,6-11H2,(H,16,18)(H,17,19)/t13-/m1/s1. The van der Waals surface area contributed by atoms with E-state index in [4.69, 9.17) is 4.74 Å². The average molecular weight is 280 g/mol. The number of carbonyl (C=O) groups is 2.